The first-order chi connectivity index (χ1) is 16.7. The van der Waals surface area contributed by atoms with Crippen LogP contribution < -0.4 is 0 Å². The maximum atomic E-state index is 13.7. The van der Waals surface area contributed by atoms with Crippen molar-refractivity contribution in [1.29, 1.82) is 0 Å². The van der Waals surface area contributed by atoms with E-state index in [2.05, 4.69) is 0 Å². The van der Waals surface area contributed by atoms with Gasteiger partial charge in [-0.3, -0.25) is 9.59 Å². The van der Waals surface area contributed by atoms with Crippen LogP contribution in [0.4, 0.5) is 0 Å². The van der Waals surface area contributed by atoms with Crippen molar-refractivity contribution in [2.75, 3.05) is 0 Å². The molecular weight excluding hydrogens is 416 g/mol. The van der Waals surface area contributed by atoms with Gasteiger partial charge in [-0.15, -0.1) is 0 Å². The van der Waals surface area contributed by atoms with Gasteiger partial charge in [0.2, 0.25) is 0 Å². The maximum absolute atomic E-state index is 13.7. The molecule has 5 aromatic rings. The summed E-state index contributed by atoms with van der Waals surface area (Å²) in [7, 11) is 0. The summed E-state index contributed by atoms with van der Waals surface area (Å²) in [5.74, 6) is -0.0483. The number of hydrogen-bond donors (Lipinski definition) is 0. The zero-order chi connectivity index (χ0) is 23.3. The molecule has 0 amide bonds. The molecule has 0 heterocycles. The largest absolute Gasteiger partial charge is 0.289 e. The second-order valence-corrected chi connectivity index (χ2v) is 8.06. The summed E-state index contributed by atoms with van der Waals surface area (Å²) in [6, 6.07) is 42.0. The molecule has 2 heteroatoms. The average molecular weight is 439 g/mol. The van der Waals surface area contributed by atoms with E-state index < -0.39 is 0 Å². The van der Waals surface area contributed by atoms with Crippen LogP contribution in [0.3, 0.4) is 0 Å². The molecule has 162 valence electrons. The molecule has 2 nitrogen and oxygen atoms in total. The van der Waals surface area contributed by atoms with Crippen molar-refractivity contribution >= 4 is 11.6 Å². The normalized spacial score (nSPS) is 10.6. The van der Waals surface area contributed by atoms with E-state index in [1.54, 1.807) is 0 Å². The van der Waals surface area contributed by atoms with Crippen LogP contribution >= 0.6 is 0 Å². The first kappa shape index (κ1) is 21.3. The van der Waals surface area contributed by atoms with Gasteiger partial charge < -0.3 is 0 Å². The molecular formula is C32H22O2. The zero-order valence-corrected chi connectivity index (χ0v) is 18.5. The van der Waals surface area contributed by atoms with Crippen LogP contribution in [0, 0.1) is 0 Å². The Morgan fingerprint density at radius 1 is 0.353 bits per heavy atom. The minimum absolute atomic E-state index is 0.0201. The second-order valence-electron chi connectivity index (χ2n) is 8.06. The van der Waals surface area contributed by atoms with Crippen molar-refractivity contribution in [3.05, 3.63) is 156 Å². The molecule has 0 aliphatic heterocycles. The molecule has 0 radical (unpaired) electrons. The molecule has 0 aliphatic rings. The second kappa shape index (κ2) is 9.51. The predicted octanol–water partition coefficient (Wildman–Crippen LogP) is 7.48. The lowest BCUT2D eigenvalue weighted by molar-refractivity contribution is 0.103. The fraction of sp³-hybridized carbons (Fsp3) is 0. The van der Waals surface area contributed by atoms with Gasteiger partial charge in [-0.25, -0.2) is 0 Å². The van der Waals surface area contributed by atoms with Gasteiger partial charge in [0.1, 0.15) is 0 Å². The van der Waals surface area contributed by atoms with Crippen LogP contribution in [0.1, 0.15) is 31.8 Å². The van der Waals surface area contributed by atoms with E-state index in [0.717, 1.165) is 22.3 Å². The van der Waals surface area contributed by atoms with E-state index in [-0.39, 0.29) is 11.6 Å². The summed E-state index contributed by atoms with van der Waals surface area (Å²) in [5, 5.41) is 0. The van der Waals surface area contributed by atoms with Crippen LogP contribution in [0.15, 0.2) is 133 Å². The van der Waals surface area contributed by atoms with E-state index in [1.165, 1.54) is 0 Å². The lowest BCUT2D eigenvalue weighted by Crippen LogP contribution is -2.06. The maximum Gasteiger partial charge on any atom is 0.194 e. The van der Waals surface area contributed by atoms with Gasteiger partial charge in [-0.1, -0.05) is 133 Å². The Kier molecular flexibility index (Phi) is 5.96. The Morgan fingerprint density at radius 3 is 1.32 bits per heavy atom. The Bertz CT molecular complexity index is 1450. The van der Waals surface area contributed by atoms with Crippen molar-refractivity contribution in [2.24, 2.45) is 0 Å². The van der Waals surface area contributed by atoms with Crippen LogP contribution in [0.2, 0.25) is 0 Å². The van der Waals surface area contributed by atoms with Gasteiger partial charge in [0, 0.05) is 22.3 Å². The molecule has 0 bridgehead atoms. The van der Waals surface area contributed by atoms with E-state index in [1.807, 2.05) is 133 Å². The highest BCUT2D eigenvalue weighted by Gasteiger charge is 2.18. The first-order valence-corrected chi connectivity index (χ1v) is 11.2. The van der Waals surface area contributed by atoms with E-state index >= 15 is 0 Å². The van der Waals surface area contributed by atoms with Crippen molar-refractivity contribution in [2.45, 2.75) is 0 Å². The van der Waals surface area contributed by atoms with Crippen LogP contribution in [0.25, 0.3) is 22.3 Å². The quantitative estimate of drug-likeness (QED) is 0.258. The molecule has 0 fully saturated rings. The number of hydrogen-bond acceptors (Lipinski definition) is 2. The van der Waals surface area contributed by atoms with Gasteiger partial charge >= 0.3 is 0 Å². The van der Waals surface area contributed by atoms with Crippen LogP contribution in [-0.2, 0) is 0 Å². The fourth-order valence-electron chi connectivity index (χ4n) is 4.19. The van der Waals surface area contributed by atoms with Crippen LogP contribution in [-0.4, -0.2) is 11.6 Å². The molecule has 0 unspecified atom stereocenters. The number of benzene rings is 5. The molecule has 34 heavy (non-hydrogen) atoms. The van der Waals surface area contributed by atoms with Crippen molar-refractivity contribution in [3.63, 3.8) is 0 Å². The number of carbonyl (C=O) groups is 2. The highest BCUT2D eigenvalue weighted by molar-refractivity contribution is 6.16. The van der Waals surface area contributed by atoms with Gasteiger partial charge in [-0.2, -0.15) is 0 Å². The number of carbonyl (C=O) groups excluding carboxylic acids is 2. The summed E-state index contributed by atoms with van der Waals surface area (Å²) in [6.07, 6.45) is 0. The summed E-state index contributed by atoms with van der Waals surface area (Å²) < 4.78 is 0. The molecule has 0 N–H and O–H groups in total. The standard InChI is InChI=1S/C32H22O2/c33-31(25-13-5-2-6-14-25)26-21-19-24(20-22-26)28-16-8-10-18-30(28)32(34)29-17-9-7-15-27(29)23-11-3-1-4-12-23/h1-22H. The van der Waals surface area contributed by atoms with Gasteiger partial charge in [-0.05, 0) is 22.3 Å². The first-order valence-electron chi connectivity index (χ1n) is 11.2. The monoisotopic (exact) mass is 438 g/mol. The van der Waals surface area contributed by atoms with Crippen LogP contribution in [0.5, 0.6) is 0 Å². The summed E-state index contributed by atoms with van der Waals surface area (Å²) in [5.41, 5.74) is 6.22. The Morgan fingerprint density at radius 2 is 0.765 bits per heavy atom. The molecule has 5 rings (SSSR count). The summed E-state index contributed by atoms with van der Waals surface area (Å²) >= 11 is 0. The number of rotatable bonds is 6. The summed E-state index contributed by atoms with van der Waals surface area (Å²) in [4.78, 5) is 26.5. The Balaban J connectivity index is 1.51. The molecule has 0 saturated heterocycles. The SMILES string of the molecule is O=C(c1ccccc1)c1ccc(-c2ccccc2C(=O)c2ccccc2-c2ccccc2)cc1. The highest BCUT2D eigenvalue weighted by Crippen LogP contribution is 2.30. The van der Waals surface area contributed by atoms with Crippen molar-refractivity contribution in [3.8, 4) is 22.3 Å². The average Bonchev–Trinajstić information content (AvgIpc) is 2.93. The van der Waals surface area contributed by atoms with E-state index in [9.17, 15) is 9.59 Å². The smallest absolute Gasteiger partial charge is 0.194 e. The van der Waals surface area contributed by atoms with Crippen molar-refractivity contribution in [1.82, 2.24) is 0 Å². The number of ketones is 2. The Hall–Kier alpha value is -4.56. The molecule has 5 aromatic carbocycles. The molecule has 0 saturated carbocycles. The Labute approximate surface area is 199 Å². The predicted molar refractivity (Wildman–Crippen MR) is 137 cm³/mol. The topological polar surface area (TPSA) is 34.1 Å². The van der Waals surface area contributed by atoms with E-state index in [4.69, 9.17) is 0 Å². The van der Waals surface area contributed by atoms with Gasteiger partial charge in [0.15, 0.2) is 11.6 Å². The summed E-state index contributed by atoms with van der Waals surface area (Å²) in [6.45, 7) is 0. The highest BCUT2D eigenvalue weighted by atomic mass is 16.1. The van der Waals surface area contributed by atoms with E-state index in [0.29, 0.717) is 22.3 Å². The minimum atomic E-state index is -0.0282. The zero-order valence-electron chi connectivity index (χ0n) is 18.5. The van der Waals surface area contributed by atoms with Gasteiger partial charge in [0.05, 0.1) is 0 Å². The molecule has 0 spiro atoms. The van der Waals surface area contributed by atoms with Crippen molar-refractivity contribution < 1.29 is 9.59 Å². The lowest BCUT2D eigenvalue weighted by Gasteiger charge is -2.13. The third-order valence-electron chi connectivity index (χ3n) is 5.92. The third kappa shape index (κ3) is 4.22. The fourth-order valence-corrected chi connectivity index (χ4v) is 4.19. The molecule has 0 atom stereocenters. The molecule has 0 aromatic heterocycles. The van der Waals surface area contributed by atoms with Gasteiger partial charge in [0.25, 0.3) is 0 Å². The third-order valence-corrected chi connectivity index (χ3v) is 5.92. The lowest BCUT2D eigenvalue weighted by atomic mass is 9.89. The minimum Gasteiger partial charge on any atom is -0.289 e. The molecule has 0 aliphatic carbocycles.